The van der Waals surface area contributed by atoms with Crippen LogP contribution in [0.4, 0.5) is 5.69 Å². The van der Waals surface area contributed by atoms with Gasteiger partial charge in [0.25, 0.3) is 0 Å². The highest BCUT2D eigenvalue weighted by Crippen LogP contribution is 2.08. The second-order valence-corrected chi connectivity index (χ2v) is 5.11. The quantitative estimate of drug-likeness (QED) is 0.903. The van der Waals surface area contributed by atoms with Gasteiger partial charge in [-0.3, -0.25) is 14.4 Å². The lowest BCUT2D eigenvalue weighted by Gasteiger charge is -2.15. The fourth-order valence-corrected chi connectivity index (χ4v) is 2.00. The summed E-state index contributed by atoms with van der Waals surface area (Å²) in [5.74, 6) is -0.0137. The van der Waals surface area contributed by atoms with Gasteiger partial charge in [-0.15, -0.1) is 0 Å². The van der Waals surface area contributed by atoms with Gasteiger partial charge >= 0.3 is 0 Å². The molecule has 0 unspecified atom stereocenters. The molecule has 1 aromatic heterocycles. The first kappa shape index (κ1) is 14.3. The number of aromatic nitrogens is 2. The van der Waals surface area contributed by atoms with Crippen molar-refractivity contribution in [1.29, 1.82) is 0 Å². The van der Waals surface area contributed by atoms with Gasteiger partial charge in [0, 0.05) is 31.0 Å². The van der Waals surface area contributed by atoms with Crippen molar-refractivity contribution in [1.82, 2.24) is 14.7 Å². The first-order valence-electron chi connectivity index (χ1n) is 6.55. The lowest BCUT2D eigenvalue weighted by Crippen LogP contribution is -2.29. The highest BCUT2D eigenvalue weighted by molar-refractivity contribution is 5.92. The molecule has 5 heteroatoms. The smallest absolute Gasteiger partial charge is 0.238 e. The minimum atomic E-state index is -0.0137. The molecular formula is C15H20N4O. The summed E-state index contributed by atoms with van der Waals surface area (Å²) in [6, 6.07) is 7.78. The van der Waals surface area contributed by atoms with E-state index in [4.69, 9.17) is 0 Å². The number of carbonyl (C=O) groups excluding carboxylic acids is 1. The van der Waals surface area contributed by atoms with E-state index in [1.807, 2.05) is 62.6 Å². The van der Waals surface area contributed by atoms with Crippen molar-refractivity contribution in [2.75, 3.05) is 18.9 Å². The number of nitrogens with zero attached hydrogens (tertiary/aromatic N) is 3. The molecule has 0 atom stereocenters. The van der Waals surface area contributed by atoms with E-state index in [1.165, 1.54) is 5.56 Å². The number of amides is 1. The van der Waals surface area contributed by atoms with Crippen molar-refractivity contribution >= 4 is 11.6 Å². The summed E-state index contributed by atoms with van der Waals surface area (Å²) in [6.45, 7) is 3.07. The second-order valence-electron chi connectivity index (χ2n) is 5.11. The van der Waals surface area contributed by atoms with E-state index in [0.717, 1.165) is 11.3 Å². The second kappa shape index (κ2) is 6.34. The Hall–Kier alpha value is -2.14. The van der Waals surface area contributed by atoms with E-state index < -0.39 is 0 Å². The van der Waals surface area contributed by atoms with Crippen LogP contribution < -0.4 is 5.32 Å². The van der Waals surface area contributed by atoms with Crippen molar-refractivity contribution < 1.29 is 4.79 Å². The zero-order chi connectivity index (χ0) is 14.5. The number of benzene rings is 1. The van der Waals surface area contributed by atoms with Crippen LogP contribution >= 0.6 is 0 Å². The summed E-state index contributed by atoms with van der Waals surface area (Å²) in [7, 11) is 3.80. The number of carbonyl (C=O) groups is 1. The Balaban J connectivity index is 1.83. The molecule has 1 amide bonds. The summed E-state index contributed by atoms with van der Waals surface area (Å²) in [5.41, 5.74) is 3.10. The third kappa shape index (κ3) is 4.20. The molecule has 1 heterocycles. The monoisotopic (exact) mass is 272 g/mol. The van der Waals surface area contributed by atoms with Crippen LogP contribution in [-0.4, -0.2) is 34.2 Å². The van der Waals surface area contributed by atoms with Crippen LogP contribution in [0, 0.1) is 6.92 Å². The third-order valence-electron chi connectivity index (χ3n) is 2.96. The van der Waals surface area contributed by atoms with Gasteiger partial charge in [0.15, 0.2) is 0 Å². The first-order chi connectivity index (χ1) is 9.52. The van der Waals surface area contributed by atoms with E-state index in [9.17, 15) is 4.79 Å². The van der Waals surface area contributed by atoms with Gasteiger partial charge in [-0.2, -0.15) is 5.10 Å². The lowest BCUT2D eigenvalue weighted by molar-refractivity contribution is -0.117. The highest BCUT2D eigenvalue weighted by Gasteiger charge is 2.08. The summed E-state index contributed by atoms with van der Waals surface area (Å²) >= 11 is 0. The molecule has 2 aromatic rings. The van der Waals surface area contributed by atoms with E-state index in [2.05, 4.69) is 10.4 Å². The molecule has 0 aliphatic carbocycles. The van der Waals surface area contributed by atoms with Crippen molar-refractivity contribution in [2.45, 2.75) is 13.5 Å². The summed E-state index contributed by atoms with van der Waals surface area (Å²) in [4.78, 5) is 13.9. The van der Waals surface area contributed by atoms with Crippen LogP contribution in [0.2, 0.25) is 0 Å². The van der Waals surface area contributed by atoms with E-state index in [0.29, 0.717) is 13.1 Å². The molecule has 5 nitrogen and oxygen atoms in total. The van der Waals surface area contributed by atoms with Gasteiger partial charge in [0.05, 0.1) is 12.7 Å². The summed E-state index contributed by atoms with van der Waals surface area (Å²) < 4.78 is 1.76. The maximum atomic E-state index is 11.9. The molecule has 1 N–H and O–H groups in total. The molecule has 1 aromatic carbocycles. The molecule has 0 saturated carbocycles. The zero-order valence-electron chi connectivity index (χ0n) is 12.1. The Bertz CT molecular complexity index is 574. The Morgan fingerprint density at radius 2 is 2.05 bits per heavy atom. The van der Waals surface area contributed by atoms with E-state index >= 15 is 0 Å². The Morgan fingerprint density at radius 3 is 2.65 bits per heavy atom. The molecule has 0 radical (unpaired) electrons. The topological polar surface area (TPSA) is 50.2 Å². The number of anilines is 1. The highest BCUT2D eigenvalue weighted by atomic mass is 16.2. The maximum Gasteiger partial charge on any atom is 0.238 e. The van der Waals surface area contributed by atoms with Crippen molar-refractivity contribution in [3.05, 3.63) is 47.8 Å². The summed E-state index contributed by atoms with van der Waals surface area (Å²) in [6.07, 6.45) is 3.77. The fourth-order valence-electron chi connectivity index (χ4n) is 2.00. The van der Waals surface area contributed by atoms with Gasteiger partial charge in [-0.25, -0.2) is 0 Å². The standard InChI is InChI=1S/C15H20N4O/c1-12-4-6-14(7-5-12)17-15(20)11-18(2)9-13-8-16-19(3)10-13/h4-8,10H,9,11H2,1-3H3,(H,17,20). The van der Waals surface area contributed by atoms with Crippen LogP contribution in [0.1, 0.15) is 11.1 Å². The average molecular weight is 272 g/mol. The molecule has 0 aliphatic heterocycles. The SMILES string of the molecule is Cc1ccc(NC(=O)CN(C)Cc2cnn(C)c2)cc1. The normalized spacial score (nSPS) is 10.8. The molecule has 0 spiro atoms. The first-order valence-corrected chi connectivity index (χ1v) is 6.55. The van der Waals surface area contributed by atoms with Crippen molar-refractivity contribution in [3.63, 3.8) is 0 Å². The number of aryl methyl sites for hydroxylation is 2. The Labute approximate surface area is 119 Å². The van der Waals surface area contributed by atoms with E-state index in [1.54, 1.807) is 4.68 Å². The largest absolute Gasteiger partial charge is 0.325 e. The minimum Gasteiger partial charge on any atom is -0.325 e. The van der Waals surface area contributed by atoms with Gasteiger partial charge in [0.2, 0.25) is 5.91 Å². The zero-order valence-corrected chi connectivity index (χ0v) is 12.1. The number of hydrogen-bond acceptors (Lipinski definition) is 3. The molecule has 0 bridgehead atoms. The molecule has 0 aliphatic rings. The van der Waals surface area contributed by atoms with Crippen molar-refractivity contribution in [2.24, 2.45) is 7.05 Å². The summed E-state index contributed by atoms with van der Waals surface area (Å²) in [5, 5.41) is 7.00. The Morgan fingerprint density at radius 1 is 1.35 bits per heavy atom. The molecule has 20 heavy (non-hydrogen) atoms. The van der Waals surface area contributed by atoms with Gasteiger partial charge in [0.1, 0.15) is 0 Å². The molecular weight excluding hydrogens is 252 g/mol. The van der Waals surface area contributed by atoms with Gasteiger partial charge in [-0.1, -0.05) is 17.7 Å². The van der Waals surface area contributed by atoms with Crippen molar-refractivity contribution in [3.8, 4) is 0 Å². The van der Waals surface area contributed by atoms with Gasteiger partial charge in [-0.05, 0) is 26.1 Å². The molecule has 0 saturated heterocycles. The number of hydrogen-bond donors (Lipinski definition) is 1. The number of nitrogens with one attached hydrogen (secondary N) is 1. The predicted molar refractivity (Wildman–Crippen MR) is 79.4 cm³/mol. The predicted octanol–water partition coefficient (Wildman–Crippen LogP) is 1.80. The molecule has 0 fully saturated rings. The van der Waals surface area contributed by atoms with Crippen LogP contribution in [0.3, 0.4) is 0 Å². The van der Waals surface area contributed by atoms with Crippen LogP contribution in [-0.2, 0) is 18.4 Å². The number of likely N-dealkylation sites (N-methyl/N-ethyl adjacent to an activating group) is 1. The van der Waals surface area contributed by atoms with E-state index in [-0.39, 0.29) is 5.91 Å². The van der Waals surface area contributed by atoms with Crippen LogP contribution in [0.5, 0.6) is 0 Å². The van der Waals surface area contributed by atoms with Crippen LogP contribution in [0.15, 0.2) is 36.7 Å². The van der Waals surface area contributed by atoms with Gasteiger partial charge < -0.3 is 5.32 Å². The minimum absolute atomic E-state index is 0.0137. The average Bonchev–Trinajstić information content (AvgIpc) is 2.77. The fraction of sp³-hybridized carbons (Fsp3) is 0.333. The number of rotatable bonds is 5. The Kier molecular flexibility index (Phi) is 4.53. The lowest BCUT2D eigenvalue weighted by atomic mass is 10.2. The van der Waals surface area contributed by atoms with Crippen LogP contribution in [0.25, 0.3) is 0 Å². The third-order valence-corrected chi connectivity index (χ3v) is 2.96. The molecule has 2 rings (SSSR count). The molecule has 106 valence electrons. The maximum absolute atomic E-state index is 11.9.